The first-order valence-electron chi connectivity index (χ1n) is 5.50. The minimum absolute atomic E-state index is 0.281. The van der Waals surface area contributed by atoms with Crippen molar-refractivity contribution in [3.63, 3.8) is 0 Å². The van der Waals surface area contributed by atoms with E-state index in [1.807, 2.05) is 6.07 Å². The maximum atomic E-state index is 12.7. The number of nitrogens with one attached hydrogen (secondary N) is 1. The zero-order valence-corrected chi connectivity index (χ0v) is 12.0. The molecule has 0 fully saturated rings. The summed E-state index contributed by atoms with van der Waals surface area (Å²) in [6, 6.07) is 13.0. The van der Waals surface area contributed by atoms with Crippen LogP contribution in [0.2, 0.25) is 0 Å². The third-order valence-electron chi connectivity index (χ3n) is 2.34. The zero-order valence-electron chi connectivity index (χ0n) is 9.81. The van der Waals surface area contributed by atoms with E-state index < -0.39 is 0 Å². The lowest BCUT2D eigenvalue weighted by Crippen LogP contribution is -2.17. The molecule has 19 heavy (non-hydrogen) atoms. The SMILES string of the molecule is O=C(N/N=C\c1ccc(F)cc1)c1cccc(I)c1. The molecule has 2 aromatic carbocycles. The molecule has 0 saturated carbocycles. The number of nitrogens with zero attached hydrogens (tertiary/aromatic N) is 1. The van der Waals surface area contributed by atoms with Gasteiger partial charge in [-0.1, -0.05) is 18.2 Å². The highest BCUT2D eigenvalue weighted by molar-refractivity contribution is 14.1. The molecule has 0 aliphatic rings. The van der Waals surface area contributed by atoms with Crippen molar-refractivity contribution < 1.29 is 9.18 Å². The molecular weight excluding hydrogens is 358 g/mol. The third-order valence-corrected chi connectivity index (χ3v) is 3.01. The van der Waals surface area contributed by atoms with Gasteiger partial charge >= 0.3 is 0 Å². The second-order valence-corrected chi connectivity index (χ2v) is 5.01. The number of carbonyl (C=O) groups excluding carboxylic acids is 1. The van der Waals surface area contributed by atoms with Crippen LogP contribution < -0.4 is 5.43 Å². The Morgan fingerprint density at radius 3 is 2.63 bits per heavy atom. The van der Waals surface area contributed by atoms with Crippen LogP contribution in [0, 0.1) is 9.39 Å². The summed E-state index contributed by atoms with van der Waals surface area (Å²) in [5.41, 5.74) is 3.68. The number of benzene rings is 2. The van der Waals surface area contributed by atoms with Crippen LogP contribution in [0.3, 0.4) is 0 Å². The van der Waals surface area contributed by atoms with Crippen molar-refractivity contribution in [1.82, 2.24) is 5.43 Å². The summed E-state index contributed by atoms with van der Waals surface area (Å²) < 4.78 is 13.7. The molecule has 0 spiro atoms. The fourth-order valence-corrected chi connectivity index (χ4v) is 1.95. The molecular formula is C14H10FIN2O. The summed E-state index contributed by atoms with van der Waals surface area (Å²) in [7, 11) is 0. The standard InChI is InChI=1S/C14H10FIN2O/c15-12-6-4-10(5-7-12)9-17-18-14(19)11-2-1-3-13(16)8-11/h1-9H,(H,18,19)/b17-9-. The highest BCUT2D eigenvalue weighted by Crippen LogP contribution is 2.07. The summed E-state index contributed by atoms with van der Waals surface area (Å²) in [5.74, 6) is -0.586. The lowest BCUT2D eigenvalue weighted by Gasteiger charge is -2.00. The molecule has 1 amide bonds. The maximum absolute atomic E-state index is 12.7. The van der Waals surface area contributed by atoms with Crippen molar-refractivity contribution in [3.05, 3.63) is 69.0 Å². The topological polar surface area (TPSA) is 41.5 Å². The van der Waals surface area contributed by atoms with Gasteiger partial charge < -0.3 is 0 Å². The largest absolute Gasteiger partial charge is 0.271 e. The van der Waals surface area contributed by atoms with E-state index in [9.17, 15) is 9.18 Å². The van der Waals surface area contributed by atoms with E-state index in [2.05, 4.69) is 33.1 Å². The van der Waals surface area contributed by atoms with Crippen LogP contribution in [-0.2, 0) is 0 Å². The van der Waals surface area contributed by atoms with Crippen LogP contribution in [0.25, 0.3) is 0 Å². The first-order chi connectivity index (χ1) is 9.15. The van der Waals surface area contributed by atoms with E-state index in [1.54, 1.807) is 30.3 Å². The molecule has 0 aliphatic carbocycles. The fourth-order valence-electron chi connectivity index (χ4n) is 1.41. The number of halogens is 2. The van der Waals surface area contributed by atoms with Crippen LogP contribution >= 0.6 is 22.6 Å². The molecule has 3 nitrogen and oxygen atoms in total. The van der Waals surface area contributed by atoms with Crippen molar-refractivity contribution in [2.75, 3.05) is 0 Å². The third kappa shape index (κ3) is 4.13. The first-order valence-corrected chi connectivity index (χ1v) is 6.57. The predicted molar refractivity (Wildman–Crippen MR) is 80.6 cm³/mol. The lowest BCUT2D eigenvalue weighted by molar-refractivity contribution is 0.0955. The van der Waals surface area contributed by atoms with Crippen LogP contribution in [0.15, 0.2) is 53.6 Å². The Morgan fingerprint density at radius 1 is 1.21 bits per heavy atom. The van der Waals surface area contributed by atoms with E-state index in [1.165, 1.54) is 18.3 Å². The van der Waals surface area contributed by atoms with E-state index in [0.717, 1.165) is 3.57 Å². The number of carbonyl (C=O) groups is 1. The van der Waals surface area contributed by atoms with E-state index >= 15 is 0 Å². The van der Waals surface area contributed by atoms with Gasteiger partial charge in [-0.05, 0) is 58.5 Å². The van der Waals surface area contributed by atoms with Crippen LogP contribution in [0.5, 0.6) is 0 Å². The van der Waals surface area contributed by atoms with Crippen molar-refractivity contribution in [3.8, 4) is 0 Å². The Morgan fingerprint density at radius 2 is 1.95 bits per heavy atom. The Kier molecular flexibility index (Phi) is 4.62. The Hall–Kier alpha value is -1.76. The van der Waals surface area contributed by atoms with Gasteiger partial charge in [-0.15, -0.1) is 0 Å². The van der Waals surface area contributed by atoms with Crippen LogP contribution in [0.4, 0.5) is 4.39 Å². The van der Waals surface area contributed by atoms with Crippen molar-refractivity contribution in [1.29, 1.82) is 0 Å². The molecule has 5 heteroatoms. The molecule has 0 unspecified atom stereocenters. The van der Waals surface area contributed by atoms with E-state index in [0.29, 0.717) is 11.1 Å². The number of hydrazone groups is 1. The predicted octanol–water partition coefficient (Wildman–Crippen LogP) is 3.19. The maximum Gasteiger partial charge on any atom is 0.271 e. The molecule has 0 bridgehead atoms. The minimum Gasteiger partial charge on any atom is -0.267 e. The van der Waals surface area contributed by atoms with Crippen LogP contribution in [0.1, 0.15) is 15.9 Å². The minimum atomic E-state index is -0.306. The molecule has 0 atom stereocenters. The molecule has 0 aliphatic heterocycles. The van der Waals surface area contributed by atoms with Gasteiger partial charge in [0.25, 0.3) is 5.91 Å². The van der Waals surface area contributed by atoms with Gasteiger partial charge in [0.15, 0.2) is 0 Å². The Bertz CT molecular complexity index is 611. The molecule has 0 heterocycles. The molecule has 96 valence electrons. The van der Waals surface area contributed by atoms with Gasteiger partial charge in [-0.2, -0.15) is 5.10 Å². The Labute approximate surface area is 123 Å². The Balaban J connectivity index is 1.98. The van der Waals surface area contributed by atoms with Crippen molar-refractivity contribution in [2.45, 2.75) is 0 Å². The number of rotatable bonds is 3. The van der Waals surface area contributed by atoms with Gasteiger partial charge in [0, 0.05) is 9.13 Å². The smallest absolute Gasteiger partial charge is 0.267 e. The summed E-state index contributed by atoms with van der Waals surface area (Å²) >= 11 is 2.13. The number of hydrogen-bond acceptors (Lipinski definition) is 2. The van der Waals surface area contributed by atoms with Crippen molar-refractivity contribution in [2.24, 2.45) is 5.10 Å². The van der Waals surface area contributed by atoms with Crippen LogP contribution in [-0.4, -0.2) is 12.1 Å². The summed E-state index contributed by atoms with van der Waals surface area (Å²) in [6.45, 7) is 0. The van der Waals surface area contributed by atoms with Gasteiger partial charge in [-0.25, -0.2) is 9.82 Å². The molecule has 2 aromatic rings. The fraction of sp³-hybridized carbons (Fsp3) is 0. The summed E-state index contributed by atoms with van der Waals surface area (Å²) in [5, 5.41) is 3.83. The quantitative estimate of drug-likeness (QED) is 0.505. The highest BCUT2D eigenvalue weighted by atomic mass is 127. The van der Waals surface area contributed by atoms with Crippen molar-refractivity contribution >= 4 is 34.7 Å². The number of hydrogen-bond donors (Lipinski definition) is 1. The average molecular weight is 368 g/mol. The first kappa shape index (κ1) is 13.7. The van der Waals surface area contributed by atoms with E-state index in [-0.39, 0.29) is 11.7 Å². The van der Waals surface area contributed by atoms with Gasteiger partial charge in [-0.3, -0.25) is 4.79 Å². The lowest BCUT2D eigenvalue weighted by atomic mass is 10.2. The van der Waals surface area contributed by atoms with Gasteiger partial charge in [0.05, 0.1) is 6.21 Å². The van der Waals surface area contributed by atoms with Gasteiger partial charge in [0.2, 0.25) is 0 Å². The molecule has 0 radical (unpaired) electrons. The van der Waals surface area contributed by atoms with Gasteiger partial charge in [0.1, 0.15) is 5.82 Å². The average Bonchev–Trinajstić information content (AvgIpc) is 2.41. The number of amides is 1. The molecule has 0 aromatic heterocycles. The molecule has 0 saturated heterocycles. The molecule has 1 N–H and O–H groups in total. The summed E-state index contributed by atoms with van der Waals surface area (Å²) in [4.78, 5) is 11.8. The zero-order chi connectivity index (χ0) is 13.7. The molecule has 2 rings (SSSR count). The monoisotopic (exact) mass is 368 g/mol. The highest BCUT2D eigenvalue weighted by Gasteiger charge is 2.03. The second-order valence-electron chi connectivity index (χ2n) is 3.76. The summed E-state index contributed by atoms with van der Waals surface area (Å²) in [6.07, 6.45) is 1.46. The van der Waals surface area contributed by atoms with E-state index in [4.69, 9.17) is 0 Å². The second kappa shape index (κ2) is 6.42. The normalized spacial score (nSPS) is 10.6.